The van der Waals surface area contributed by atoms with Crippen molar-refractivity contribution in [3.8, 4) is 0 Å². The van der Waals surface area contributed by atoms with Gasteiger partial charge in [0.2, 0.25) is 0 Å². The third-order valence-electron chi connectivity index (χ3n) is 3.00. The molecule has 4 nitrogen and oxygen atoms in total. The number of nitrogens with zero attached hydrogens (tertiary/aromatic N) is 1. The smallest absolute Gasteiger partial charge is 0.410 e. The van der Waals surface area contributed by atoms with Gasteiger partial charge < -0.3 is 15.4 Å². The maximum atomic E-state index is 12.0. The van der Waals surface area contributed by atoms with Gasteiger partial charge in [0.05, 0.1) is 0 Å². The van der Waals surface area contributed by atoms with Gasteiger partial charge in [-0.15, -0.1) is 0 Å². The van der Waals surface area contributed by atoms with Crippen molar-refractivity contribution >= 4 is 6.09 Å². The first-order chi connectivity index (χ1) is 7.92. The highest BCUT2D eigenvalue weighted by Gasteiger charge is 2.25. The Labute approximate surface area is 104 Å². The van der Waals surface area contributed by atoms with Crippen LogP contribution in [-0.4, -0.2) is 36.2 Å². The lowest BCUT2D eigenvalue weighted by Crippen LogP contribution is -2.41. The summed E-state index contributed by atoms with van der Waals surface area (Å²) < 4.78 is 5.39. The first kappa shape index (κ1) is 14.3. The van der Waals surface area contributed by atoms with Crippen LogP contribution >= 0.6 is 0 Å². The number of ether oxygens (including phenoxy) is 1. The number of carbonyl (C=O) groups excluding carboxylic acids is 1. The van der Waals surface area contributed by atoms with Crippen molar-refractivity contribution in [2.24, 2.45) is 11.7 Å². The van der Waals surface area contributed by atoms with Crippen LogP contribution in [-0.2, 0) is 4.74 Å². The summed E-state index contributed by atoms with van der Waals surface area (Å²) in [6.45, 7) is 7.55. The van der Waals surface area contributed by atoms with Gasteiger partial charge in [-0.1, -0.05) is 12.8 Å². The Bertz CT molecular complexity index is 242. The second-order valence-corrected chi connectivity index (χ2v) is 5.87. The van der Waals surface area contributed by atoms with Crippen molar-refractivity contribution in [2.45, 2.75) is 52.1 Å². The normalized spacial score (nSPS) is 17.2. The standard InChI is InChI=1S/C13H26N2O2/c1-13(2,3)17-12(16)15(9-8-14)10-11-6-4-5-7-11/h11H,4-10,14H2,1-3H3. The van der Waals surface area contributed by atoms with E-state index in [9.17, 15) is 4.79 Å². The molecule has 0 aliphatic heterocycles. The first-order valence-corrected chi connectivity index (χ1v) is 6.60. The highest BCUT2D eigenvalue weighted by molar-refractivity contribution is 5.68. The van der Waals surface area contributed by atoms with Crippen LogP contribution in [0.2, 0.25) is 0 Å². The zero-order chi connectivity index (χ0) is 12.9. The lowest BCUT2D eigenvalue weighted by molar-refractivity contribution is 0.0227. The highest BCUT2D eigenvalue weighted by atomic mass is 16.6. The fraction of sp³-hybridized carbons (Fsp3) is 0.923. The van der Waals surface area contributed by atoms with Gasteiger partial charge in [0.25, 0.3) is 0 Å². The third kappa shape index (κ3) is 5.39. The molecular formula is C13H26N2O2. The van der Waals surface area contributed by atoms with Crippen molar-refractivity contribution in [1.82, 2.24) is 4.90 Å². The molecule has 1 aliphatic carbocycles. The van der Waals surface area contributed by atoms with Crippen LogP contribution in [0.4, 0.5) is 4.79 Å². The minimum absolute atomic E-state index is 0.227. The van der Waals surface area contributed by atoms with E-state index in [1.165, 1.54) is 25.7 Å². The molecule has 0 heterocycles. The Morgan fingerprint density at radius 2 is 1.94 bits per heavy atom. The zero-order valence-electron chi connectivity index (χ0n) is 11.4. The van der Waals surface area contributed by atoms with Gasteiger partial charge >= 0.3 is 6.09 Å². The van der Waals surface area contributed by atoms with Crippen LogP contribution in [0, 0.1) is 5.92 Å². The van der Waals surface area contributed by atoms with Crippen molar-refractivity contribution in [2.75, 3.05) is 19.6 Å². The third-order valence-corrected chi connectivity index (χ3v) is 3.00. The summed E-state index contributed by atoms with van der Waals surface area (Å²) in [5.41, 5.74) is 5.12. The van der Waals surface area contributed by atoms with Gasteiger partial charge in [0.15, 0.2) is 0 Å². The largest absolute Gasteiger partial charge is 0.444 e. The maximum absolute atomic E-state index is 12.0. The molecule has 0 aromatic heterocycles. The first-order valence-electron chi connectivity index (χ1n) is 6.60. The van der Waals surface area contributed by atoms with E-state index >= 15 is 0 Å². The molecule has 0 radical (unpaired) electrons. The van der Waals surface area contributed by atoms with Crippen molar-refractivity contribution in [3.05, 3.63) is 0 Å². The molecule has 0 unspecified atom stereocenters. The van der Waals surface area contributed by atoms with E-state index in [0.29, 0.717) is 19.0 Å². The number of hydrogen-bond acceptors (Lipinski definition) is 3. The highest BCUT2D eigenvalue weighted by Crippen LogP contribution is 2.25. The van der Waals surface area contributed by atoms with Gasteiger partial charge in [0, 0.05) is 19.6 Å². The Balaban J connectivity index is 2.48. The summed E-state index contributed by atoms with van der Waals surface area (Å²) in [6.07, 6.45) is 4.80. The molecule has 1 saturated carbocycles. The van der Waals surface area contributed by atoms with E-state index in [-0.39, 0.29) is 6.09 Å². The van der Waals surface area contributed by atoms with Crippen LogP contribution < -0.4 is 5.73 Å². The number of nitrogens with two attached hydrogens (primary N) is 1. The minimum Gasteiger partial charge on any atom is -0.444 e. The van der Waals surface area contributed by atoms with Gasteiger partial charge in [0.1, 0.15) is 5.60 Å². The van der Waals surface area contributed by atoms with Gasteiger partial charge in [-0.05, 0) is 39.5 Å². The van der Waals surface area contributed by atoms with E-state index in [2.05, 4.69) is 0 Å². The van der Waals surface area contributed by atoms with Crippen LogP contribution in [0.3, 0.4) is 0 Å². The number of amides is 1. The average molecular weight is 242 g/mol. The molecule has 0 saturated heterocycles. The molecule has 4 heteroatoms. The Morgan fingerprint density at radius 1 is 1.35 bits per heavy atom. The molecule has 0 spiro atoms. The van der Waals surface area contributed by atoms with E-state index in [0.717, 1.165) is 6.54 Å². The molecule has 17 heavy (non-hydrogen) atoms. The van der Waals surface area contributed by atoms with Crippen LogP contribution in [0.5, 0.6) is 0 Å². The SMILES string of the molecule is CC(C)(C)OC(=O)N(CCN)CC1CCCC1. The van der Waals surface area contributed by atoms with Crippen LogP contribution in [0.25, 0.3) is 0 Å². The van der Waals surface area contributed by atoms with E-state index in [1.54, 1.807) is 4.90 Å². The summed E-state index contributed by atoms with van der Waals surface area (Å²) in [4.78, 5) is 13.7. The second-order valence-electron chi connectivity index (χ2n) is 5.87. The van der Waals surface area contributed by atoms with Crippen LogP contribution in [0.1, 0.15) is 46.5 Å². The summed E-state index contributed by atoms with van der Waals surface area (Å²) in [6, 6.07) is 0. The molecule has 0 aromatic carbocycles. The summed E-state index contributed by atoms with van der Waals surface area (Å²) >= 11 is 0. The van der Waals surface area contributed by atoms with Gasteiger partial charge in [-0.25, -0.2) is 4.79 Å². The topological polar surface area (TPSA) is 55.6 Å². The molecule has 0 bridgehead atoms. The Kier molecular flexibility index (Phi) is 5.25. The number of rotatable bonds is 4. The Morgan fingerprint density at radius 3 is 2.41 bits per heavy atom. The van der Waals surface area contributed by atoms with Crippen molar-refractivity contribution in [3.63, 3.8) is 0 Å². The lowest BCUT2D eigenvalue weighted by Gasteiger charge is -2.28. The summed E-state index contributed by atoms with van der Waals surface area (Å²) in [5.74, 6) is 0.633. The van der Waals surface area contributed by atoms with E-state index in [4.69, 9.17) is 10.5 Å². The fourth-order valence-electron chi connectivity index (χ4n) is 2.24. The monoisotopic (exact) mass is 242 g/mol. The van der Waals surface area contributed by atoms with E-state index < -0.39 is 5.60 Å². The predicted octanol–water partition coefficient (Wildman–Crippen LogP) is 2.37. The van der Waals surface area contributed by atoms with Gasteiger partial charge in [-0.2, -0.15) is 0 Å². The molecular weight excluding hydrogens is 216 g/mol. The number of carbonyl (C=O) groups is 1. The molecule has 2 N–H and O–H groups in total. The molecule has 1 rings (SSSR count). The Hall–Kier alpha value is -0.770. The van der Waals surface area contributed by atoms with E-state index in [1.807, 2.05) is 20.8 Å². The molecule has 1 amide bonds. The predicted molar refractivity (Wildman–Crippen MR) is 68.8 cm³/mol. The molecule has 100 valence electrons. The molecule has 1 aliphatic rings. The zero-order valence-corrected chi connectivity index (χ0v) is 11.4. The minimum atomic E-state index is -0.431. The second kappa shape index (κ2) is 6.24. The molecule has 0 atom stereocenters. The van der Waals surface area contributed by atoms with Crippen LogP contribution in [0.15, 0.2) is 0 Å². The average Bonchev–Trinajstić information content (AvgIpc) is 2.67. The molecule has 0 aromatic rings. The van der Waals surface area contributed by atoms with Crippen molar-refractivity contribution in [1.29, 1.82) is 0 Å². The quantitative estimate of drug-likeness (QED) is 0.823. The molecule has 1 fully saturated rings. The number of hydrogen-bond donors (Lipinski definition) is 1. The lowest BCUT2D eigenvalue weighted by atomic mass is 10.1. The van der Waals surface area contributed by atoms with Crippen molar-refractivity contribution < 1.29 is 9.53 Å². The fourth-order valence-corrected chi connectivity index (χ4v) is 2.24. The van der Waals surface area contributed by atoms with Gasteiger partial charge in [-0.3, -0.25) is 0 Å². The summed E-state index contributed by atoms with van der Waals surface area (Å²) in [5, 5.41) is 0. The summed E-state index contributed by atoms with van der Waals surface area (Å²) in [7, 11) is 0. The maximum Gasteiger partial charge on any atom is 0.410 e.